The fourth-order valence-corrected chi connectivity index (χ4v) is 4.79. The van der Waals surface area contributed by atoms with Gasteiger partial charge >= 0.3 is 0 Å². The van der Waals surface area contributed by atoms with Gasteiger partial charge in [0.1, 0.15) is 5.75 Å². The number of hydrogen-bond acceptors (Lipinski definition) is 3. The summed E-state index contributed by atoms with van der Waals surface area (Å²) >= 11 is 0. The maximum Gasteiger partial charge on any atom is 0.216 e. The molecule has 0 saturated heterocycles. The third-order valence-corrected chi connectivity index (χ3v) is 6.35. The zero-order valence-corrected chi connectivity index (χ0v) is 14.0. The molecule has 0 heterocycles. The first-order valence-electron chi connectivity index (χ1n) is 6.36. The summed E-state index contributed by atoms with van der Waals surface area (Å²) in [4.78, 5) is 9.85. The SMILES string of the molecule is CN(C)P(=NOCOc1ccccc1)(N(C)C)N(C)C. The van der Waals surface area contributed by atoms with Crippen LogP contribution in [0.3, 0.4) is 0 Å². The molecule has 0 atom stereocenters. The molecule has 0 unspecified atom stereocenters. The normalized spacial score (nSPS) is 12.2. The van der Waals surface area contributed by atoms with Gasteiger partial charge in [-0.05, 0) is 54.4 Å². The topological polar surface area (TPSA) is 40.5 Å². The van der Waals surface area contributed by atoms with E-state index in [-0.39, 0.29) is 6.79 Å². The van der Waals surface area contributed by atoms with E-state index in [2.05, 4.69) is 18.9 Å². The minimum atomic E-state index is -2.01. The quantitative estimate of drug-likeness (QED) is 0.335. The fourth-order valence-electron chi connectivity index (χ4n) is 2.00. The fraction of sp³-hybridized carbons (Fsp3) is 0.538. The molecule has 0 fully saturated rings. The average Bonchev–Trinajstić information content (AvgIpc) is 2.38. The standard InChI is InChI=1S/C13H25N4O2P/c1-15(2)20(16(3)4,17(5)6)14-19-12-18-13-10-8-7-9-11-13/h7-11H,12H2,1-6H3. The first-order chi connectivity index (χ1) is 9.41. The summed E-state index contributed by atoms with van der Waals surface area (Å²) in [5.41, 5.74) is 0. The zero-order valence-electron chi connectivity index (χ0n) is 13.1. The number of benzene rings is 1. The molecule has 0 bridgehead atoms. The largest absolute Gasteiger partial charge is 0.465 e. The molecule has 0 aromatic heterocycles. The second-order valence-corrected chi connectivity index (χ2v) is 8.50. The molecule has 0 N–H and O–H groups in total. The molecule has 1 rings (SSSR count). The van der Waals surface area contributed by atoms with Gasteiger partial charge in [0.2, 0.25) is 6.79 Å². The molecule has 114 valence electrons. The van der Waals surface area contributed by atoms with E-state index < -0.39 is 7.51 Å². The van der Waals surface area contributed by atoms with Crippen LogP contribution in [0.5, 0.6) is 5.75 Å². The molecule has 1 aromatic carbocycles. The van der Waals surface area contributed by atoms with Gasteiger partial charge in [-0.3, -0.25) is 14.0 Å². The lowest BCUT2D eigenvalue weighted by Gasteiger charge is -2.39. The monoisotopic (exact) mass is 300 g/mol. The Morgan fingerprint density at radius 3 is 1.85 bits per heavy atom. The molecule has 0 aliphatic heterocycles. The molecule has 0 radical (unpaired) electrons. The molecule has 0 aliphatic carbocycles. The van der Waals surface area contributed by atoms with Crippen molar-refractivity contribution in [1.29, 1.82) is 0 Å². The molecule has 0 saturated carbocycles. The Morgan fingerprint density at radius 1 is 0.900 bits per heavy atom. The third-order valence-electron chi connectivity index (χ3n) is 2.80. The lowest BCUT2D eigenvalue weighted by atomic mass is 10.3. The molecular weight excluding hydrogens is 275 g/mol. The van der Waals surface area contributed by atoms with E-state index in [1.807, 2.05) is 72.6 Å². The van der Waals surface area contributed by atoms with Crippen LogP contribution in [0.15, 0.2) is 35.2 Å². The summed E-state index contributed by atoms with van der Waals surface area (Å²) in [7, 11) is 9.98. The maximum atomic E-state index is 5.49. The summed E-state index contributed by atoms with van der Waals surface area (Å²) in [6, 6.07) is 9.55. The van der Waals surface area contributed by atoms with Crippen LogP contribution in [0.25, 0.3) is 0 Å². The lowest BCUT2D eigenvalue weighted by molar-refractivity contribution is 0.0186. The molecule has 20 heavy (non-hydrogen) atoms. The van der Waals surface area contributed by atoms with Gasteiger partial charge in [0, 0.05) is 0 Å². The van der Waals surface area contributed by atoms with E-state index in [0.717, 1.165) is 5.75 Å². The second kappa shape index (κ2) is 7.76. The van der Waals surface area contributed by atoms with Crippen molar-refractivity contribution in [2.45, 2.75) is 0 Å². The second-order valence-electron chi connectivity index (χ2n) is 4.86. The van der Waals surface area contributed by atoms with E-state index in [0.29, 0.717) is 0 Å². The van der Waals surface area contributed by atoms with Gasteiger partial charge in [0.05, 0.1) is 0 Å². The zero-order chi connectivity index (χ0) is 15.2. The van der Waals surface area contributed by atoms with Crippen LogP contribution in [0.1, 0.15) is 0 Å². The third kappa shape index (κ3) is 4.04. The van der Waals surface area contributed by atoms with Crippen molar-refractivity contribution in [2.24, 2.45) is 4.91 Å². The Labute approximate surface area is 122 Å². The highest BCUT2D eigenvalue weighted by Crippen LogP contribution is 2.54. The summed E-state index contributed by atoms with van der Waals surface area (Å²) in [6.07, 6.45) is 0. The first kappa shape index (κ1) is 17.1. The van der Waals surface area contributed by atoms with Gasteiger partial charge in [-0.1, -0.05) is 18.2 Å². The first-order valence-corrected chi connectivity index (χ1v) is 7.96. The van der Waals surface area contributed by atoms with Crippen LogP contribution < -0.4 is 4.74 Å². The molecular formula is C13H25N4O2P. The molecule has 6 nitrogen and oxygen atoms in total. The van der Waals surface area contributed by atoms with Crippen molar-refractivity contribution < 1.29 is 9.57 Å². The number of nitrogens with zero attached hydrogens (tertiary/aromatic N) is 4. The molecule has 0 spiro atoms. The van der Waals surface area contributed by atoms with Gasteiger partial charge in [0.25, 0.3) is 0 Å². The minimum Gasteiger partial charge on any atom is -0.465 e. The highest BCUT2D eigenvalue weighted by atomic mass is 31.2. The van der Waals surface area contributed by atoms with Gasteiger partial charge in [-0.25, -0.2) is 4.84 Å². The number of hydrogen-bond donors (Lipinski definition) is 0. The van der Waals surface area contributed by atoms with E-state index in [1.54, 1.807) is 0 Å². The van der Waals surface area contributed by atoms with Crippen molar-refractivity contribution in [3.8, 4) is 5.75 Å². The van der Waals surface area contributed by atoms with Gasteiger partial charge < -0.3 is 4.74 Å². The van der Waals surface area contributed by atoms with Gasteiger partial charge in [-0.2, -0.15) is 0 Å². The average molecular weight is 300 g/mol. The maximum absolute atomic E-state index is 5.49. The summed E-state index contributed by atoms with van der Waals surface area (Å²) in [6.45, 7) is 0.0985. The van der Waals surface area contributed by atoms with Crippen LogP contribution in [-0.4, -0.2) is 63.1 Å². The minimum absolute atomic E-state index is 0.0985. The molecule has 7 heteroatoms. The van der Waals surface area contributed by atoms with Crippen LogP contribution in [-0.2, 0) is 4.84 Å². The van der Waals surface area contributed by atoms with Crippen molar-refractivity contribution in [3.05, 3.63) is 30.3 Å². The predicted molar refractivity (Wildman–Crippen MR) is 83.4 cm³/mol. The lowest BCUT2D eigenvalue weighted by Crippen LogP contribution is -2.30. The van der Waals surface area contributed by atoms with Gasteiger partial charge in [0.15, 0.2) is 7.51 Å². The Morgan fingerprint density at radius 2 is 1.40 bits per heavy atom. The Bertz CT molecular complexity index is 420. The van der Waals surface area contributed by atoms with E-state index >= 15 is 0 Å². The molecule has 1 aromatic rings. The van der Waals surface area contributed by atoms with Crippen LogP contribution in [0, 0.1) is 0 Å². The van der Waals surface area contributed by atoms with Crippen molar-refractivity contribution in [2.75, 3.05) is 49.1 Å². The Balaban J connectivity index is 2.73. The van der Waals surface area contributed by atoms with Crippen LogP contribution in [0.4, 0.5) is 0 Å². The van der Waals surface area contributed by atoms with E-state index in [1.165, 1.54) is 0 Å². The molecule has 0 amide bonds. The number of rotatable bonds is 7. The van der Waals surface area contributed by atoms with Crippen LogP contribution in [0.2, 0.25) is 0 Å². The number of ether oxygens (including phenoxy) is 1. The highest BCUT2D eigenvalue weighted by molar-refractivity contribution is 7.58. The Kier molecular flexibility index (Phi) is 6.65. The van der Waals surface area contributed by atoms with Crippen LogP contribution >= 0.6 is 7.51 Å². The summed E-state index contributed by atoms with van der Waals surface area (Å²) < 4.78 is 11.7. The Hall–Kier alpha value is -0.910. The molecule has 0 aliphatic rings. The van der Waals surface area contributed by atoms with Crippen molar-refractivity contribution >= 4 is 7.51 Å². The van der Waals surface area contributed by atoms with Crippen molar-refractivity contribution in [1.82, 2.24) is 14.0 Å². The summed E-state index contributed by atoms with van der Waals surface area (Å²) in [5, 5.41) is 0. The number of para-hydroxylation sites is 1. The predicted octanol–water partition coefficient (Wildman–Crippen LogP) is 2.59. The highest BCUT2D eigenvalue weighted by Gasteiger charge is 2.29. The van der Waals surface area contributed by atoms with Gasteiger partial charge in [-0.15, -0.1) is 4.91 Å². The van der Waals surface area contributed by atoms with E-state index in [9.17, 15) is 0 Å². The summed E-state index contributed by atoms with van der Waals surface area (Å²) in [5.74, 6) is 0.770. The van der Waals surface area contributed by atoms with Crippen molar-refractivity contribution in [3.63, 3.8) is 0 Å². The van der Waals surface area contributed by atoms with E-state index in [4.69, 9.17) is 9.57 Å². The smallest absolute Gasteiger partial charge is 0.216 e.